The Morgan fingerprint density at radius 1 is 1.47 bits per heavy atom. The molecule has 0 saturated carbocycles. The minimum Gasteiger partial charge on any atom is -0.489 e. The van der Waals surface area contributed by atoms with Crippen LogP contribution in [0.4, 0.5) is 14.5 Å². The van der Waals surface area contributed by atoms with E-state index in [2.05, 4.69) is 13.2 Å². The summed E-state index contributed by atoms with van der Waals surface area (Å²) < 4.78 is 31.4. The molecule has 0 aliphatic rings. The predicted octanol–water partition coefficient (Wildman–Crippen LogP) is 2.76. The van der Waals surface area contributed by atoms with Gasteiger partial charge in [-0.25, -0.2) is 8.78 Å². The molecule has 0 aromatic heterocycles. The Balaban J connectivity index is 2.89. The minimum atomic E-state index is -0.799. The van der Waals surface area contributed by atoms with Gasteiger partial charge in [-0.3, -0.25) is 0 Å². The van der Waals surface area contributed by atoms with Crippen LogP contribution in [0.5, 0.6) is 0 Å². The molecule has 0 radical (unpaired) electrons. The van der Waals surface area contributed by atoms with Gasteiger partial charge in [0.2, 0.25) is 0 Å². The van der Waals surface area contributed by atoms with Crippen molar-refractivity contribution >= 4 is 5.69 Å². The van der Waals surface area contributed by atoms with E-state index < -0.39 is 11.6 Å². The van der Waals surface area contributed by atoms with Crippen LogP contribution in [0, 0.1) is 11.6 Å². The van der Waals surface area contributed by atoms with Gasteiger partial charge in [-0.15, -0.1) is 0 Å². The molecule has 1 rings (SSSR count). The summed E-state index contributed by atoms with van der Waals surface area (Å²) in [6, 6.07) is 2.25. The first kappa shape index (κ1) is 11.2. The molecule has 0 fully saturated rings. The van der Waals surface area contributed by atoms with Crippen LogP contribution in [-0.2, 0) is 11.3 Å². The Bertz CT molecular complexity index is 402. The highest BCUT2D eigenvalue weighted by molar-refractivity contribution is 5.43. The maximum Gasteiger partial charge on any atom is 0.155 e. The number of nitrogen functional groups attached to an aromatic ring is 1. The fourth-order valence-corrected chi connectivity index (χ4v) is 0.972. The molecule has 0 bridgehead atoms. The molecular formula is C11H11F2NO. The number of halogens is 2. The van der Waals surface area contributed by atoms with E-state index in [0.717, 1.165) is 12.1 Å². The van der Waals surface area contributed by atoms with Crippen molar-refractivity contribution in [2.24, 2.45) is 0 Å². The molecule has 4 heteroatoms. The minimum absolute atomic E-state index is 0.112. The summed E-state index contributed by atoms with van der Waals surface area (Å²) in [5.41, 5.74) is 4.97. The number of allylic oxidation sites excluding steroid dienone is 1. The van der Waals surface area contributed by atoms with Gasteiger partial charge in [-0.05, 0) is 18.2 Å². The van der Waals surface area contributed by atoms with E-state index in [1.165, 1.54) is 6.08 Å². The Hall–Kier alpha value is -1.84. The van der Waals surface area contributed by atoms with Crippen molar-refractivity contribution in [2.45, 2.75) is 6.61 Å². The van der Waals surface area contributed by atoms with Crippen LogP contribution < -0.4 is 5.73 Å². The van der Waals surface area contributed by atoms with E-state index in [1.807, 2.05) is 0 Å². The maximum atomic E-state index is 13.3. The normalized spacial score (nSPS) is 9.73. The Morgan fingerprint density at radius 3 is 2.73 bits per heavy atom. The van der Waals surface area contributed by atoms with Gasteiger partial charge in [0.25, 0.3) is 0 Å². The van der Waals surface area contributed by atoms with E-state index in [1.54, 1.807) is 0 Å². The largest absolute Gasteiger partial charge is 0.489 e. The highest BCUT2D eigenvalue weighted by Crippen LogP contribution is 2.20. The van der Waals surface area contributed by atoms with Crippen molar-refractivity contribution in [3.63, 3.8) is 0 Å². The molecule has 0 aliphatic carbocycles. The molecule has 0 spiro atoms. The van der Waals surface area contributed by atoms with Crippen molar-refractivity contribution < 1.29 is 13.5 Å². The predicted molar refractivity (Wildman–Crippen MR) is 54.9 cm³/mol. The number of rotatable bonds is 4. The summed E-state index contributed by atoms with van der Waals surface area (Å²) in [5.74, 6) is -1.25. The quantitative estimate of drug-likeness (QED) is 0.472. The van der Waals surface area contributed by atoms with Crippen LogP contribution in [-0.4, -0.2) is 0 Å². The summed E-state index contributed by atoms with van der Waals surface area (Å²) in [4.78, 5) is 0. The molecule has 0 atom stereocenters. The van der Waals surface area contributed by atoms with Gasteiger partial charge in [0.15, 0.2) is 5.82 Å². The first-order valence-corrected chi connectivity index (χ1v) is 4.22. The van der Waals surface area contributed by atoms with Crippen molar-refractivity contribution in [2.75, 3.05) is 5.73 Å². The maximum absolute atomic E-state index is 13.3. The second-order valence-electron chi connectivity index (χ2n) is 2.89. The third-order valence-corrected chi connectivity index (χ3v) is 1.85. The van der Waals surface area contributed by atoms with Crippen LogP contribution in [0.3, 0.4) is 0 Å². The zero-order chi connectivity index (χ0) is 11.4. The molecule has 0 aliphatic heterocycles. The second-order valence-corrected chi connectivity index (χ2v) is 2.89. The summed E-state index contributed by atoms with van der Waals surface area (Å²) in [6.45, 7) is 6.60. The van der Waals surface area contributed by atoms with Crippen molar-refractivity contribution in [3.05, 3.63) is 54.3 Å². The van der Waals surface area contributed by atoms with Crippen LogP contribution in [0.2, 0.25) is 0 Å². The van der Waals surface area contributed by atoms with E-state index in [0.29, 0.717) is 0 Å². The van der Waals surface area contributed by atoms with Gasteiger partial charge < -0.3 is 10.5 Å². The standard InChI is InChI=1S/C11H11F2NO/c1-3-7(2)15-6-8-9(12)4-5-10(14)11(8)13/h3-5H,1-2,6,14H2. The van der Waals surface area contributed by atoms with Gasteiger partial charge in [-0.1, -0.05) is 13.2 Å². The molecule has 15 heavy (non-hydrogen) atoms. The third kappa shape index (κ3) is 2.56. The summed E-state index contributed by atoms with van der Waals surface area (Å²) in [6.07, 6.45) is 1.35. The van der Waals surface area contributed by atoms with Crippen molar-refractivity contribution in [1.29, 1.82) is 0 Å². The number of hydrogen-bond donors (Lipinski definition) is 1. The van der Waals surface area contributed by atoms with E-state index >= 15 is 0 Å². The van der Waals surface area contributed by atoms with Gasteiger partial charge >= 0.3 is 0 Å². The van der Waals surface area contributed by atoms with E-state index in [9.17, 15) is 8.78 Å². The van der Waals surface area contributed by atoms with Crippen LogP contribution >= 0.6 is 0 Å². The lowest BCUT2D eigenvalue weighted by atomic mass is 10.2. The number of hydrogen-bond acceptors (Lipinski definition) is 2. The number of benzene rings is 1. The zero-order valence-corrected chi connectivity index (χ0v) is 8.09. The lowest BCUT2D eigenvalue weighted by Gasteiger charge is -2.08. The average Bonchev–Trinajstić information content (AvgIpc) is 2.23. The summed E-state index contributed by atoms with van der Waals surface area (Å²) >= 11 is 0. The fourth-order valence-electron chi connectivity index (χ4n) is 0.972. The van der Waals surface area contributed by atoms with Gasteiger partial charge in [0.05, 0.1) is 11.3 Å². The van der Waals surface area contributed by atoms with E-state index in [-0.39, 0.29) is 23.6 Å². The highest BCUT2D eigenvalue weighted by Gasteiger charge is 2.12. The Kier molecular flexibility index (Phi) is 3.44. The summed E-state index contributed by atoms with van der Waals surface area (Å²) in [5, 5.41) is 0. The van der Waals surface area contributed by atoms with Gasteiger partial charge in [0.1, 0.15) is 18.2 Å². The molecular weight excluding hydrogens is 200 g/mol. The van der Waals surface area contributed by atoms with Crippen LogP contribution in [0.25, 0.3) is 0 Å². The number of ether oxygens (including phenoxy) is 1. The molecule has 2 nitrogen and oxygen atoms in total. The molecule has 1 aromatic carbocycles. The molecule has 0 unspecified atom stereocenters. The topological polar surface area (TPSA) is 35.2 Å². The third-order valence-electron chi connectivity index (χ3n) is 1.85. The molecule has 80 valence electrons. The Labute approximate surface area is 86.7 Å². The monoisotopic (exact) mass is 211 g/mol. The first-order chi connectivity index (χ1) is 7.06. The smallest absolute Gasteiger partial charge is 0.155 e. The fraction of sp³-hybridized carbons (Fsp3) is 0.0909. The average molecular weight is 211 g/mol. The Morgan fingerprint density at radius 2 is 2.13 bits per heavy atom. The number of nitrogens with two attached hydrogens (primary N) is 1. The molecule has 2 N–H and O–H groups in total. The lowest BCUT2D eigenvalue weighted by Crippen LogP contribution is -2.02. The second kappa shape index (κ2) is 4.59. The molecule has 0 amide bonds. The first-order valence-electron chi connectivity index (χ1n) is 4.22. The van der Waals surface area contributed by atoms with Gasteiger partial charge in [-0.2, -0.15) is 0 Å². The number of anilines is 1. The molecule has 1 aromatic rings. The van der Waals surface area contributed by atoms with Gasteiger partial charge in [0, 0.05) is 0 Å². The van der Waals surface area contributed by atoms with Crippen LogP contribution in [0.1, 0.15) is 5.56 Å². The SMILES string of the molecule is C=CC(=C)OCc1c(F)ccc(N)c1F. The lowest BCUT2D eigenvalue weighted by molar-refractivity contribution is 0.204. The van der Waals surface area contributed by atoms with Crippen LogP contribution in [0.15, 0.2) is 37.1 Å². The summed E-state index contributed by atoms with van der Waals surface area (Å²) in [7, 11) is 0. The molecule has 0 saturated heterocycles. The zero-order valence-electron chi connectivity index (χ0n) is 8.09. The van der Waals surface area contributed by atoms with Crippen molar-refractivity contribution in [1.82, 2.24) is 0 Å². The highest BCUT2D eigenvalue weighted by atomic mass is 19.1. The molecule has 0 heterocycles. The van der Waals surface area contributed by atoms with E-state index in [4.69, 9.17) is 10.5 Å². The van der Waals surface area contributed by atoms with Crippen molar-refractivity contribution in [3.8, 4) is 0 Å².